The van der Waals surface area contributed by atoms with Gasteiger partial charge in [-0.15, -0.1) is 0 Å². The van der Waals surface area contributed by atoms with Crippen LogP contribution in [0.15, 0.2) is 12.1 Å². The summed E-state index contributed by atoms with van der Waals surface area (Å²) in [6.07, 6.45) is -3.76. The van der Waals surface area contributed by atoms with E-state index in [1.54, 1.807) is 12.1 Å². The zero-order chi connectivity index (χ0) is 11.9. The summed E-state index contributed by atoms with van der Waals surface area (Å²) in [7, 11) is 1.32. The molecule has 0 aliphatic carbocycles. The fraction of sp³-hybridized carbons (Fsp3) is 0.400. The zero-order valence-electron chi connectivity index (χ0n) is 8.84. The van der Waals surface area contributed by atoms with Crippen molar-refractivity contribution in [2.24, 2.45) is 7.05 Å². The fourth-order valence-corrected chi connectivity index (χ4v) is 1.55. The first-order chi connectivity index (χ1) is 7.43. The number of rotatable bonds is 1. The molecule has 0 spiro atoms. The number of pyridine rings is 1. The van der Waals surface area contributed by atoms with Gasteiger partial charge >= 0.3 is 6.18 Å². The molecule has 0 N–H and O–H groups in total. The van der Waals surface area contributed by atoms with Crippen LogP contribution in [0.2, 0.25) is 0 Å². The van der Waals surface area contributed by atoms with Crippen LogP contribution in [-0.2, 0) is 19.6 Å². The van der Waals surface area contributed by atoms with Crippen LogP contribution in [0.4, 0.5) is 13.2 Å². The fourth-order valence-electron chi connectivity index (χ4n) is 1.55. The second kappa shape index (κ2) is 3.47. The lowest BCUT2D eigenvalue weighted by atomic mass is 10.3. The first-order valence-corrected chi connectivity index (χ1v) is 4.83. The maximum atomic E-state index is 12.6. The molecule has 0 amide bonds. The number of imidazole rings is 1. The maximum Gasteiger partial charge on any atom is 0.449 e. The van der Waals surface area contributed by atoms with Gasteiger partial charge in [-0.3, -0.25) is 0 Å². The van der Waals surface area contributed by atoms with E-state index in [4.69, 9.17) is 0 Å². The summed E-state index contributed by atoms with van der Waals surface area (Å²) in [5.74, 6) is -0.914. The van der Waals surface area contributed by atoms with Gasteiger partial charge < -0.3 is 4.57 Å². The monoisotopic (exact) mass is 229 g/mol. The first kappa shape index (κ1) is 10.9. The summed E-state index contributed by atoms with van der Waals surface area (Å²) in [5, 5.41) is 0. The van der Waals surface area contributed by atoms with Gasteiger partial charge in [0.15, 0.2) is 5.65 Å². The Hall–Kier alpha value is -1.59. The Labute approximate surface area is 89.9 Å². The lowest BCUT2D eigenvalue weighted by Crippen LogP contribution is -2.12. The van der Waals surface area contributed by atoms with Gasteiger partial charge in [-0.05, 0) is 18.6 Å². The third kappa shape index (κ3) is 1.64. The van der Waals surface area contributed by atoms with E-state index in [0.29, 0.717) is 6.42 Å². The Morgan fingerprint density at radius 1 is 1.25 bits per heavy atom. The number of fused-ring (bicyclic) bond motifs is 1. The summed E-state index contributed by atoms with van der Waals surface area (Å²) in [6.45, 7) is 1.90. The molecule has 2 aromatic rings. The third-order valence-electron chi connectivity index (χ3n) is 2.39. The summed E-state index contributed by atoms with van der Waals surface area (Å²) in [6, 6.07) is 3.26. The quantitative estimate of drug-likeness (QED) is 0.752. The molecule has 0 saturated heterocycles. The number of aromatic nitrogens is 3. The highest BCUT2D eigenvalue weighted by Gasteiger charge is 2.36. The topological polar surface area (TPSA) is 30.7 Å². The molecular formula is C10H10F3N3. The van der Waals surface area contributed by atoms with E-state index in [1.807, 2.05) is 6.92 Å². The van der Waals surface area contributed by atoms with Crippen molar-refractivity contribution in [3.63, 3.8) is 0 Å². The van der Waals surface area contributed by atoms with Crippen LogP contribution in [0, 0.1) is 0 Å². The van der Waals surface area contributed by atoms with E-state index >= 15 is 0 Å². The van der Waals surface area contributed by atoms with E-state index in [2.05, 4.69) is 9.97 Å². The molecule has 6 heteroatoms. The Kier molecular flexibility index (Phi) is 2.36. The Morgan fingerprint density at radius 3 is 2.50 bits per heavy atom. The first-order valence-electron chi connectivity index (χ1n) is 4.83. The van der Waals surface area contributed by atoms with Crippen LogP contribution in [0.3, 0.4) is 0 Å². The molecule has 2 aromatic heterocycles. The van der Waals surface area contributed by atoms with Gasteiger partial charge in [0.05, 0.1) is 0 Å². The van der Waals surface area contributed by atoms with Crippen molar-refractivity contribution in [1.82, 2.24) is 14.5 Å². The molecule has 0 aliphatic heterocycles. The van der Waals surface area contributed by atoms with E-state index in [9.17, 15) is 13.2 Å². The van der Waals surface area contributed by atoms with Gasteiger partial charge in [0.1, 0.15) is 5.52 Å². The van der Waals surface area contributed by atoms with Gasteiger partial charge in [0, 0.05) is 12.7 Å². The highest BCUT2D eigenvalue weighted by atomic mass is 19.4. The molecule has 2 heterocycles. The molecular weight excluding hydrogens is 219 g/mol. The normalized spacial score (nSPS) is 12.3. The Bertz CT molecular complexity index is 528. The third-order valence-corrected chi connectivity index (χ3v) is 2.39. The van der Waals surface area contributed by atoms with Crippen molar-refractivity contribution in [2.45, 2.75) is 19.5 Å². The number of hydrogen-bond donors (Lipinski definition) is 0. The SMILES string of the molecule is CCc1ccc2nc(C(F)(F)F)n(C)c2n1. The van der Waals surface area contributed by atoms with Crippen LogP contribution in [0.25, 0.3) is 11.2 Å². The number of halogens is 3. The van der Waals surface area contributed by atoms with Crippen LogP contribution in [0.5, 0.6) is 0 Å². The van der Waals surface area contributed by atoms with E-state index in [-0.39, 0.29) is 11.2 Å². The van der Waals surface area contributed by atoms with Gasteiger partial charge in [-0.1, -0.05) is 6.92 Å². The molecule has 0 bridgehead atoms. The summed E-state index contributed by atoms with van der Waals surface area (Å²) >= 11 is 0. The molecule has 3 nitrogen and oxygen atoms in total. The number of nitrogens with zero attached hydrogens (tertiary/aromatic N) is 3. The molecule has 0 radical (unpaired) electrons. The van der Waals surface area contributed by atoms with Gasteiger partial charge in [-0.25, -0.2) is 9.97 Å². The van der Waals surface area contributed by atoms with Crippen molar-refractivity contribution in [3.8, 4) is 0 Å². The summed E-state index contributed by atoms with van der Waals surface area (Å²) in [4.78, 5) is 7.66. The number of aryl methyl sites for hydroxylation is 2. The molecule has 0 fully saturated rings. The molecule has 86 valence electrons. The second-order valence-corrected chi connectivity index (χ2v) is 3.49. The molecule has 16 heavy (non-hydrogen) atoms. The average molecular weight is 229 g/mol. The van der Waals surface area contributed by atoms with Crippen molar-refractivity contribution >= 4 is 11.2 Å². The van der Waals surface area contributed by atoms with Gasteiger partial charge in [-0.2, -0.15) is 13.2 Å². The molecule has 0 aliphatic rings. The lowest BCUT2D eigenvalue weighted by molar-refractivity contribution is -0.146. The predicted octanol–water partition coefficient (Wildman–Crippen LogP) is 2.55. The minimum absolute atomic E-state index is 0.270. The van der Waals surface area contributed by atoms with Gasteiger partial charge in [0.25, 0.3) is 0 Å². The standard InChI is InChI=1S/C10H10F3N3/c1-3-6-4-5-7-8(14-6)16(2)9(15-7)10(11,12)13/h4-5H,3H2,1-2H3. The average Bonchev–Trinajstić information content (AvgIpc) is 2.55. The van der Waals surface area contributed by atoms with Crippen LogP contribution >= 0.6 is 0 Å². The lowest BCUT2D eigenvalue weighted by Gasteiger charge is -2.05. The number of hydrogen-bond acceptors (Lipinski definition) is 2. The zero-order valence-corrected chi connectivity index (χ0v) is 8.84. The highest BCUT2D eigenvalue weighted by Crippen LogP contribution is 2.30. The van der Waals surface area contributed by atoms with E-state index in [0.717, 1.165) is 10.3 Å². The molecule has 0 atom stereocenters. The van der Waals surface area contributed by atoms with Gasteiger partial charge in [0.2, 0.25) is 5.82 Å². The Balaban J connectivity index is 2.69. The van der Waals surface area contributed by atoms with E-state index in [1.165, 1.54) is 7.05 Å². The van der Waals surface area contributed by atoms with Crippen molar-refractivity contribution in [3.05, 3.63) is 23.7 Å². The predicted molar refractivity (Wildman–Crippen MR) is 52.9 cm³/mol. The smallest absolute Gasteiger partial charge is 0.308 e. The second-order valence-electron chi connectivity index (χ2n) is 3.49. The molecule has 0 unspecified atom stereocenters. The molecule has 0 aromatic carbocycles. The highest BCUT2D eigenvalue weighted by molar-refractivity contribution is 5.71. The molecule has 0 saturated carbocycles. The van der Waals surface area contributed by atoms with E-state index < -0.39 is 12.0 Å². The van der Waals surface area contributed by atoms with Crippen molar-refractivity contribution < 1.29 is 13.2 Å². The minimum Gasteiger partial charge on any atom is -0.308 e. The van der Waals surface area contributed by atoms with Crippen molar-refractivity contribution in [2.75, 3.05) is 0 Å². The summed E-state index contributed by atoms with van der Waals surface area (Å²) in [5.41, 5.74) is 1.29. The maximum absolute atomic E-state index is 12.6. The largest absolute Gasteiger partial charge is 0.449 e. The summed E-state index contributed by atoms with van der Waals surface area (Å²) < 4.78 is 38.7. The minimum atomic E-state index is -4.44. The molecule has 2 rings (SSSR count). The number of alkyl halides is 3. The van der Waals surface area contributed by atoms with Crippen LogP contribution < -0.4 is 0 Å². The van der Waals surface area contributed by atoms with Crippen molar-refractivity contribution in [1.29, 1.82) is 0 Å². The Morgan fingerprint density at radius 2 is 1.94 bits per heavy atom. The van der Waals surface area contributed by atoms with Crippen LogP contribution in [-0.4, -0.2) is 14.5 Å². The van der Waals surface area contributed by atoms with Crippen LogP contribution in [0.1, 0.15) is 18.4 Å².